The Morgan fingerprint density at radius 1 is 0.654 bits per heavy atom. The van der Waals surface area contributed by atoms with Crippen molar-refractivity contribution >= 4 is 11.6 Å². The van der Waals surface area contributed by atoms with Gasteiger partial charge in [-0.05, 0) is 12.2 Å². The molecule has 0 aromatic heterocycles. The Kier molecular flexibility index (Phi) is 6.50. The third kappa shape index (κ3) is 4.70. The third-order valence-corrected chi connectivity index (χ3v) is 3.88. The zero-order valence-electron chi connectivity index (χ0n) is 15.6. The molecule has 4 heteroatoms. The lowest BCUT2D eigenvalue weighted by molar-refractivity contribution is 0.0962. The molecule has 0 heterocycles. The highest BCUT2D eigenvalue weighted by Gasteiger charge is 2.20. The summed E-state index contributed by atoms with van der Waals surface area (Å²) in [4.78, 5) is 29.8. The van der Waals surface area contributed by atoms with Crippen LogP contribution in [-0.4, -0.2) is 49.6 Å². The van der Waals surface area contributed by atoms with Gasteiger partial charge in [0.2, 0.25) is 0 Å². The van der Waals surface area contributed by atoms with Crippen LogP contribution in [0.4, 0.5) is 0 Å². The zero-order chi connectivity index (χ0) is 19.1. The molecule has 2 aromatic carbocycles. The predicted octanol–water partition coefficient (Wildman–Crippen LogP) is 3.64. The second-order valence-corrected chi connectivity index (χ2v) is 6.28. The lowest BCUT2D eigenvalue weighted by atomic mass is 9.95. The molecule has 134 valence electrons. The normalized spacial score (nSPS) is 9.85. The minimum absolute atomic E-state index is 0.142. The fourth-order valence-electron chi connectivity index (χ4n) is 2.60. The van der Waals surface area contributed by atoms with Gasteiger partial charge in [-0.3, -0.25) is 9.59 Å². The van der Waals surface area contributed by atoms with Crippen molar-refractivity contribution in [3.05, 3.63) is 95.3 Å². The van der Waals surface area contributed by atoms with E-state index in [4.69, 9.17) is 0 Å². The van der Waals surface area contributed by atoms with Gasteiger partial charge < -0.3 is 9.80 Å². The largest absolute Gasteiger partial charge is 0.364 e. The van der Waals surface area contributed by atoms with Crippen LogP contribution in [0.5, 0.6) is 0 Å². The molecule has 0 unspecified atom stereocenters. The van der Waals surface area contributed by atoms with Gasteiger partial charge in [-0.15, -0.1) is 0 Å². The Labute approximate surface area is 155 Å². The molecule has 0 amide bonds. The molecule has 0 radical (unpaired) electrons. The average Bonchev–Trinajstić information content (AvgIpc) is 2.65. The molecule has 2 rings (SSSR count). The number of hydrogen-bond donors (Lipinski definition) is 0. The number of allylic oxidation sites excluding steroid dienone is 3. The van der Waals surface area contributed by atoms with Gasteiger partial charge >= 0.3 is 0 Å². The van der Waals surface area contributed by atoms with E-state index >= 15 is 0 Å². The molecule has 0 spiro atoms. The molecule has 0 atom stereocenters. The first-order chi connectivity index (χ1) is 12.4. The van der Waals surface area contributed by atoms with Crippen LogP contribution in [0.1, 0.15) is 20.7 Å². The first-order valence-electron chi connectivity index (χ1n) is 8.38. The molecule has 2 aromatic rings. The van der Waals surface area contributed by atoms with Crippen LogP contribution < -0.4 is 0 Å². The van der Waals surface area contributed by atoms with E-state index in [2.05, 4.69) is 0 Å². The topological polar surface area (TPSA) is 40.6 Å². The lowest BCUT2D eigenvalue weighted by Crippen LogP contribution is -2.24. The third-order valence-electron chi connectivity index (χ3n) is 3.88. The van der Waals surface area contributed by atoms with E-state index in [0.29, 0.717) is 11.1 Å². The van der Waals surface area contributed by atoms with Crippen LogP contribution in [0.2, 0.25) is 0 Å². The van der Waals surface area contributed by atoms with Crippen LogP contribution in [-0.2, 0) is 0 Å². The second-order valence-electron chi connectivity index (χ2n) is 6.28. The Hall–Kier alpha value is -3.14. The maximum absolute atomic E-state index is 13.0. The van der Waals surface area contributed by atoms with E-state index in [9.17, 15) is 9.59 Å². The minimum Gasteiger partial charge on any atom is -0.364 e. The quantitative estimate of drug-likeness (QED) is 0.252. The molecule has 0 N–H and O–H groups in total. The fourth-order valence-corrected chi connectivity index (χ4v) is 2.60. The van der Waals surface area contributed by atoms with Crippen molar-refractivity contribution in [2.75, 3.05) is 28.2 Å². The number of rotatable bonds is 7. The predicted molar refractivity (Wildman–Crippen MR) is 105 cm³/mol. The summed E-state index contributed by atoms with van der Waals surface area (Å²) in [7, 11) is 7.66. The first kappa shape index (κ1) is 19.2. The van der Waals surface area contributed by atoms with Gasteiger partial charge in [-0.25, -0.2) is 0 Å². The molecule has 0 aliphatic carbocycles. The summed E-state index contributed by atoms with van der Waals surface area (Å²) in [6.45, 7) is 0. The molecule has 0 saturated carbocycles. The highest BCUT2D eigenvalue weighted by molar-refractivity contribution is 6.31. The van der Waals surface area contributed by atoms with E-state index in [1.807, 2.05) is 50.1 Å². The maximum Gasteiger partial charge on any atom is 0.196 e. The average molecular weight is 348 g/mol. The smallest absolute Gasteiger partial charge is 0.196 e. The molecule has 4 nitrogen and oxygen atoms in total. The van der Waals surface area contributed by atoms with E-state index in [-0.39, 0.29) is 17.1 Å². The summed E-state index contributed by atoms with van der Waals surface area (Å²) in [6.07, 6.45) is 3.40. The van der Waals surface area contributed by atoms with Crippen LogP contribution in [0.15, 0.2) is 84.2 Å². The first-order valence-corrected chi connectivity index (χ1v) is 8.38. The number of ketones is 2. The number of Topliss-reactive ketones (excluding diaryl/α,β-unsaturated/α-hetero) is 2. The molecule has 0 bridgehead atoms. The molecule has 26 heavy (non-hydrogen) atoms. The fraction of sp³-hybridized carbons (Fsp3) is 0.182. The van der Waals surface area contributed by atoms with Gasteiger partial charge in [0.15, 0.2) is 11.6 Å². The minimum atomic E-state index is -0.285. The van der Waals surface area contributed by atoms with Gasteiger partial charge in [-0.1, -0.05) is 60.7 Å². The summed E-state index contributed by atoms with van der Waals surface area (Å²) in [5, 5.41) is 0. The van der Waals surface area contributed by atoms with Crippen molar-refractivity contribution < 1.29 is 9.59 Å². The maximum atomic E-state index is 13.0. The summed E-state index contributed by atoms with van der Waals surface area (Å²) in [5.41, 5.74) is 1.13. The molecule has 0 aliphatic rings. The summed E-state index contributed by atoms with van der Waals surface area (Å²) < 4.78 is 0. The molecular formula is C22H24N2O2. The number of carbonyl (C=O) groups excluding carboxylic acids is 2. The lowest BCUT2D eigenvalue weighted by Gasteiger charge is -2.24. The summed E-state index contributed by atoms with van der Waals surface area (Å²) in [6, 6.07) is 17.7. The van der Waals surface area contributed by atoms with Gasteiger partial charge in [0.1, 0.15) is 5.82 Å². The van der Waals surface area contributed by atoms with Crippen LogP contribution in [0.3, 0.4) is 0 Å². The number of hydrogen-bond acceptors (Lipinski definition) is 4. The number of carbonyl (C=O) groups is 2. The van der Waals surface area contributed by atoms with Crippen LogP contribution in [0, 0.1) is 0 Å². The van der Waals surface area contributed by atoms with Crippen LogP contribution in [0.25, 0.3) is 0 Å². The van der Waals surface area contributed by atoms with Crippen molar-refractivity contribution in [3.8, 4) is 0 Å². The van der Waals surface area contributed by atoms with Crippen LogP contribution >= 0.6 is 0 Å². The van der Waals surface area contributed by atoms with Crippen molar-refractivity contribution in [3.63, 3.8) is 0 Å². The van der Waals surface area contributed by atoms with Crippen molar-refractivity contribution in [1.82, 2.24) is 9.80 Å². The standard InChI is InChI=1S/C22H24N2O2/c1-23(2)20(24(3)4)16-15-19(21(25)17-11-7-5-8-12-17)22(26)18-13-9-6-10-14-18/h5-16H,1-4H3. The Balaban J connectivity index is 2.51. The van der Waals surface area contributed by atoms with Crippen molar-refractivity contribution in [2.24, 2.45) is 0 Å². The van der Waals surface area contributed by atoms with E-state index in [1.165, 1.54) is 0 Å². The number of nitrogens with zero attached hydrogens (tertiary/aromatic N) is 2. The second kappa shape index (κ2) is 8.81. The molecular weight excluding hydrogens is 324 g/mol. The van der Waals surface area contributed by atoms with E-state index in [1.54, 1.807) is 60.7 Å². The zero-order valence-corrected chi connectivity index (χ0v) is 15.6. The highest BCUT2D eigenvalue weighted by Crippen LogP contribution is 2.16. The molecule has 0 saturated heterocycles. The number of benzene rings is 2. The Morgan fingerprint density at radius 3 is 1.38 bits per heavy atom. The van der Waals surface area contributed by atoms with Crippen molar-refractivity contribution in [1.29, 1.82) is 0 Å². The van der Waals surface area contributed by atoms with Gasteiger partial charge in [0, 0.05) is 39.3 Å². The van der Waals surface area contributed by atoms with E-state index in [0.717, 1.165) is 5.82 Å². The molecule has 0 fully saturated rings. The van der Waals surface area contributed by atoms with Crippen molar-refractivity contribution in [2.45, 2.75) is 0 Å². The molecule has 0 aliphatic heterocycles. The summed E-state index contributed by atoms with van der Waals surface area (Å²) in [5.74, 6) is 0.310. The van der Waals surface area contributed by atoms with Gasteiger partial charge in [0.25, 0.3) is 0 Å². The Bertz CT molecular complexity index is 756. The summed E-state index contributed by atoms with van der Waals surface area (Å²) >= 11 is 0. The van der Waals surface area contributed by atoms with Gasteiger partial charge in [0.05, 0.1) is 5.57 Å². The highest BCUT2D eigenvalue weighted by atomic mass is 16.1. The Morgan fingerprint density at radius 2 is 1.04 bits per heavy atom. The van der Waals surface area contributed by atoms with Gasteiger partial charge in [-0.2, -0.15) is 0 Å². The van der Waals surface area contributed by atoms with E-state index < -0.39 is 0 Å². The SMILES string of the molecule is CN(C)C(=CC=C(C(=O)c1ccccc1)C(=O)c1ccccc1)N(C)C. The monoisotopic (exact) mass is 348 g/mol.